The van der Waals surface area contributed by atoms with Crippen molar-refractivity contribution in [2.45, 2.75) is 44.2 Å². The molecule has 0 radical (unpaired) electrons. The fraction of sp³-hybridized carbons (Fsp3) is 0.500. The second kappa shape index (κ2) is 7.11. The summed E-state index contributed by atoms with van der Waals surface area (Å²) in [5, 5.41) is 9.71. The molecule has 2 heterocycles. The van der Waals surface area contributed by atoms with Gasteiger partial charge in [0.1, 0.15) is 5.75 Å². The van der Waals surface area contributed by atoms with E-state index in [0.717, 1.165) is 48.4 Å². The number of carbonyl (C=O) groups excluding carboxylic acids is 1. The third kappa shape index (κ3) is 3.21. The Balaban J connectivity index is 1.59. The Labute approximate surface area is 153 Å². The van der Waals surface area contributed by atoms with Crippen LogP contribution in [0.3, 0.4) is 0 Å². The van der Waals surface area contributed by atoms with Crippen molar-refractivity contribution >= 4 is 5.91 Å². The van der Waals surface area contributed by atoms with Crippen molar-refractivity contribution in [1.29, 1.82) is 0 Å². The number of methoxy groups -OCH3 is 1. The van der Waals surface area contributed by atoms with Crippen LogP contribution in [0.5, 0.6) is 5.75 Å². The summed E-state index contributed by atoms with van der Waals surface area (Å²) in [5.74, 6) is 1.07. The van der Waals surface area contributed by atoms with E-state index in [1.165, 1.54) is 0 Å². The van der Waals surface area contributed by atoms with E-state index in [-0.39, 0.29) is 23.8 Å². The molecule has 2 N–H and O–H groups in total. The molecule has 1 unspecified atom stereocenters. The highest BCUT2D eigenvalue weighted by Gasteiger charge is 2.35. The van der Waals surface area contributed by atoms with Crippen LogP contribution in [0.15, 0.2) is 30.6 Å². The van der Waals surface area contributed by atoms with E-state index in [0.29, 0.717) is 13.1 Å². The summed E-state index contributed by atoms with van der Waals surface area (Å²) in [5.41, 5.74) is 3.13. The summed E-state index contributed by atoms with van der Waals surface area (Å²) in [6, 6.07) is 7.99. The highest BCUT2D eigenvalue weighted by atomic mass is 16.5. The van der Waals surface area contributed by atoms with Crippen LogP contribution in [0.25, 0.3) is 0 Å². The number of carbonyl (C=O) groups is 1. The van der Waals surface area contributed by atoms with Crippen LogP contribution in [-0.2, 0) is 11.3 Å². The summed E-state index contributed by atoms with van der Waals surface area (Å²) in [6.07, 6.45) is 4.46. The minimum atomic E-state index is -0.246. The van der Waals surface area contributed by atoms with Gasteiger partial charge in [-0.05, 0) is 43.4 Å². The lowest BCUT2D eigenvalue weighted by atomic mass is 9.85. The largest absolute Gasteiger partial charge is 0.497 e. The van der Waals surface area contributed by atoms with Crippen LogP contribution in [-0.4, -0.2) is 45.6 Å². The number of hydrogen-bond acceptors (Lipinski definition) is 4. The first-order valence-electron chi connectivity index (χ1n) is 9.28. The number of nitrogens with one attached hydrogen (secondary N) is 1. The molecule has 2 aromatic rings. The molecular formula is C20H25N3O3. The van der Waals surface area contributed by atoms with Crippen molar-refractivity contribution in [2.75, 3.05) is 13.7 Å². The first-order valence-corrected chi connectivity index (χ1v) is 9.28. The number of aliphatic hydroxyl groups excluding tert-OH is 1. The molecule has 1 amide bonds. The molecule has 1 aromatic carbocycles. The molecule has 6 nitrogen and oxygen atoms in total. The van der Waals surface area contributed by atoms with Gasteiger partial charge in [0.2, 0.25) is 5.91 Å². The highest BCUT2D eigenvalue weighted by molar-refractivity contribution is 5.79. The molecule has 0 spiro atoms. The Morgan fingerprint density at radius 3 is 2.88 bits per heavy atom. The number of H-pyrrole nitrogens is 1. The van der Waals surface area contributed by atoms with Gasteiger partial charge >= 0.3 is 0 Å². The van der Waals surface area contributed by atoms with E-state index >= 15 is 0 Å². The summed E-state index contributed by atoms with van der Waals surface area (Å²) < 4.78 is 5.36. The molecule has 0 saturated heterocycles. The summed E-state index contributed by atoms with van der Waals surface area (Å²) in [4.78, 5) is 22.8. The minimum Gasteiger partial charge on any atom is -0.497 e. The Morgan fingerprint density at radius 1 is 1.31 bits per heavy atom. The van der Waals surface area contributed by atoms with E-state index in [1.807, 2.05) is 23.1 Å². The van der Waals surface area contributed by atoms with Gasteiger partial charge in [-0.2, -0.15) is 0 Å². The maximum absolute atomic E-state index is 13.1. The zero-order valence-electron chi connectivity index (χ0n) is 15.0. The van der Waals surface area contributed by atoms with Gasteiger partial charge in [0.15, 0.2) is 0 Å². The average Bonchev–Trinajstić information content (AvgIpc) is 3.16. The SMILES string of the molecule is COc1cccc(C2CN(C(=O)C3CCC(O)CC3)Cc3[nH]cnc32)c1. The molecule has 1 saturated carbocycles. The number of aromatic nitrogens is 2. The molecule has 1 aliphatic heterocycles. The van der Waals surface area contributed by atoms with E-state index < -0.39 is 0 Å². The Bertz CT molecular complexity index is 780. The average molecular weight is 355 g/mol. The minimum absolute atomic E-state index is 0.0221. The number of ether oxygens (including phenoxy) is 1. The third-order valence-corrected chi connectivity index (χ3v) is 5.69. The van der Waals surface area contributed by atoms with Gasteiger partial charge in [-0.1, -0.05) is 12.1 Å². The third-order valence-electron chi connectivity index (χ3n) is 5.69. The van der Waals surface area contributed by atoms with Crippen LogP contribution >= 0.6 is 0 Å². The first kappa shape index (κ1) is 17.1. The number of amides is 1. The fourth-order valence-corrected chi connectivity index (χ4v) is 4.19. The molecule has 2 aliphatic rings. The van der Waals surface area contributed by atoms with Crippen molar-refractivity contribution in [2.24, 2.45) is 5.92 Å². The number of aromatic amines is 1. The van der Waals surface area contributed by atoms with Crippen LogP contribution in [0.2, 0.25) is 0 Å². The molecule has 1 aliphatic carbocycles. The molecule has 138 valence electrons. The van der Waals surface area contributed by atoms with Crippen LogP contribution < -0.4 is 4.74 Å². The molecule has 6 heteroatoms. The Morgan fingerprint density at radius 2 is 2.12 bits per heavy atom. The quantitative estimate of drug-likeness (QED) is 0.886. The smallest absolute Gasteiger partial charge is 0.226 e. The zero-order valence-corrected chi connectivity index (χ0v) is 15.0. The molecule has 1 atom stereocenters. The maximum Gasteiger partial charge on any atom is 0.226 e. The second-order valence-electron chi connectivity index (χ2n) is 7.32. The monoisotopic (exact) mass is 355 g/mol. The van der Waals surface area contributed by atoms with Crippen molar-refractivity contribution in [1.82, 2.24) is 14.9 Å². The first-order chi connectivity index (χ1) is 12.7. The number of nitrogens with zero attached hydrogens (tertiary/aromatic N) is 2. The van der Waals surface area contributed by atoms with E-state index in [9.17, 15) is 9.90 Å². The van der Waals surface area contributed by atoms with E-state index in [2.05, 4.69) is 16.0 Å². The topological polar surface area (TPSA) is 78.5 Å². The number of fused-ring (bicyclic) bond motifs is 1. The van der Waals surface area contributed by atoms with E-state index in [1.54, 1.807) is 13.4 Å². The summed E-state index contributed by atoms with van der Waals surface area (Å²) in [7, 11) is 1.66. The van der Waals surface area contributed by atoms with Gasteiger partial charge in [0.25, 0.3) is 0 Å². The van der Waals surface area contributed by atoms with Crippen molar-refractivity contribution in [3.63, 3.8) is 0 Å². The maximum atomic E-state index is 13.1. The van der Waals surface area contributed by atoms with Crippen LogP contribution in [0, 0.1) is 5.92 Å². The summed E-state index contributed by atoms with van der Waals surface area (Å²) in [6.45, 7) is 1.20. The Kier molecular flexibility index (Phi) is 4.68. The van der Waals surface area contributed by atoms with Crippen LogP contribution in [0.4, 0.5) is 0 Å². The van der Waals surface area contributed by atoms with Gasteiger partial charge < -0.3 is 19.7 Å². The number of hydrogen-bond donors (Lipinski definition) is 2. The Hall–Kier alpha value is -2.34. The van der Waals surface area contributed by atoms with Crippen molar-refractivity contribution in [3.05, 3.63) is 47.5 Å². The van der Waals surface area contributed by atoms with E-state index in [4.69, 9.17) is 4.74 Å². The predicted molar refractivity (Wildman–Crippen MR) is 96.8 cm³/mol. The molecule has 1 fully saturated rings. The molecular weight excluding hydrogens is 330 g/mol. The molecule has 26 heavy (non-hydrogen) atoms. The van der Waals surface area contributed by atoms with Gasteiger partial charge in [-0.15, -0.1) is 0 Å². The second-order valence-corrected chi connectivity index (χ2v) is 7.32. The number of rotatable bonds is 3. The fourth-order valence-electron chi connectivity index (χ4n) is 4.19. The zero-order chi connectivity index (χ0) is 18.1. The lowest BCUT2D eigenvalue weighted by molar-refractivity contribution is -0.138. The van der Waals surface area contributed by atoms with Crippen LogP contribution in [0.1, 0.15) is 48.6 Å². The van der Waals surface area contributed by atoms with Gasteiger partial charge in [-0.25, -0.2) is 4.98 Å². The molecule has 1 aromatic heterocycles. The van der Waals surface area contributed by atoms with Gasteiger partial charge in [0, 0.05) is 18.4 Å². The molecule has 4 rings (SSSR count). The van der Waals surface area contributed by atoms with Crippen molar-refractivity contribution in [3.8, 4) is 5.75 Å². The standard InChI is InChI=1S/C20H25N3O3/c1-26-16-4-2-3-14(9-16)17-10-23(11-18-19(17)22-12-21-18)20(25)13-5-7-15(24)8-6-13/h2-4,9,12-13,15,17,24H,5-8,10-11H2,1H3,(H,21,22). The lowest BCUT2D eigenvalue weighted by Crippen LogP contribution is -2.43. The lowest BCUT2D eigenvalue weighted by Gasteiger charge is -2.36. The van der Waals surface area contributed by atoms with Gasteiger partial charge in [0.05, 0.1) is 37.5 Å². The number of aliphatic hydroxyl groups is 1. The predicted octanol–water partition coefficient (Wildman–Crippen LogP) is 2.44. The summed E-state index contributed by atoms with van der Waals surface area (Å²) >= 11 is 0. The van der Waals surface area contributed by atoms with Gasteiger partial charge in [-0.3, -0.25) is 4.79 Å². The molecule has 0 bridgehead atoms. The highest BCUT2D eigenvalue weighted by Crippen LogP contribution is 2.35. The number of imidazole rings is 1. The number of benzene rings is 1. The normalized spacial score (nSPS) is 25.6. The van der Waals surface area contributed by atoms with Crippen molar-refractivity contribution < 1.29 is 14.6 Å².